The van der Waals surface area contributed by atoms with Gasteiger partial charge in [0.1, 0.15) is 58.6 Å². The average molecular weight is 1370 g/mol. The van der Waals surface area contributed by atoms with Gasteiger partial charge in [0.05, 0.1) is 66.6 Å². The van der Waals surface area contributed by atoms with Crippen LogP contribution < -0.4 is 22.3 Å². The van der Waals surface area contributed by atoms with Crippen molar-refractivity contribution in [1.29, 1.82) is 0 Å². The number of hydrogen-bond acceptors (Lipinski definition) is 12. The van der Waals surface area contributed by atoms with Gasteiger partial charge in [-0.25, -0.2) is 46.5 Å². The standard InChI is InChI=1S/C20H14N5.2C15H12N5.C14H9N4O.C14H9N4S/c1-2-7-15(8-3-1)25-16-9-5-11-22-19(16)24-13-17-18-14(6-4-10-21-18)12-23(17)20(24)25;2*1-18-11-5-3-7-17-14(11)20-9-12-13-10(4-2-6-16-13)8-19(12)15(18)20;2*1-3-9-7-17-8-18-10-4-2-6-16-13(10)19-14(18)12(17)11(9)15-5-1/h1-11,13H,12H2;2*2-7,9H,8H2,1H3;2*1-6,8H,7H2/q5*+1/i;1D3;;;. The lowest BCUT2D eigenvalue weighted by atomic mass is 10.2. The van der Waals surface area contributed by atoms with Gasteiger partial charge in [-0.05, 0) is 103 Å². The van der Waals surface area contributed by atoms with Crippen molar-refractivity contribution in [2.24, 2.45) is 14.0 Å². The molecule has 0 aliphatic carbocycles. The Labute approximate surface area is 590 Å². The van der Waals surface area contributed by atoms with E-state index in [4.69, 9.17) is 8.53 Å². The number of para-hydroxylation sites is 1. The van der Waals surface area contributed by atoms with E-state index in [0.717, 1.165) is 133 Å². The molecular formula is C78H56N23OS+5. The van der Waals surface area contributed by atoms with Crippen molar-refractivity contribution >= 4 is 94.3 Å². The molecule has 0 atom stereocenters. The fourth-order valence-electron chi connectivity index (χ4n) is 15.8. The number of oxazole rings is 1. The van der Waals surface area contributed by atoms with E-state index in [9.17, 15) is 0 Å². The van der Waals surface area contributed by atoms with E-state index >= 15 is 0 Å². The maximum atomic E-state index is 7.94. The molecule has 0 unspecified atom stereocenters. The van der Waals surface area contributed by atoms with Crippen molar-refractivity contribution in [1.82, 2.24) is 86.0 Å². The fraction of sp³-hybridized carbons (Fsp3) is 0.0897. The Bertz CT molecular complexity index is 7090. The Hall–Kier alpha value is -13.8. The Morgan fingerprint density at radius 1 is 0.398 bits per heavy atom. The first-order chi connectivity index (χ1) is 52.1. The summed E-state index contributed by atoms with van der Waals surface area (Å²) in [5, 5.41) is 0. The third-order valence-electron chi connectivity index (χ3n) is 20.2. The molecule has 0 bridgehead atoms. The number of pyridine rings is 10. The molecular weight excluding hydrogens is 1310 g/mol. The molecule has 0 saturated heterocycles. The summed E-state index contributed by atoms with van der Waals surface area (Å²) in [4.78, 5) is 47.1. The number of benzene rings is 1. The number of aromatic nitrogens is 23. The molecule has 25 heterocycles. The zero-order valence-corrected chi connectivity index (χ0v) is 55.5. The minimum Gasteiger partial charge on any atom is -0.396 e. The minimum absolute atomic E-state index is 0.599. The van der Waals surface area contributed by atoms with Gasteiger partial charge in [0.15, 0.2) is 32.4 Å². The molecule has 0 amide bonds. The van der Waals surface area contributed by atoms with Crippen LogP contribution in [-0.4, -0.2) is 86.0 Å². The highest BCUT2D eigenvalue weighted by molar-refractivity contribution is 7.24. The second-order valence-corrected chi connectivity index (χ2v) is 26.8. The summed E-state index contributed by atoms with van der Waals surface area (Å²) in [5.41, 5.74) is 27.0. The van der Waals surface area contributed by atoms with Gasteiger partial charge >= 0.3 is 23.0 Å². The van der Waals surface area contributed by atoms with Crippen LogP contribution in [0.4, 0.5) is 0 Å². The quantitative estimate of drug-likeness (QED) is 0.142. The molecule has 0 spiro atoms. The van der Waals surface area contributed by atoms with E-state index in [0.29, 0.717) is 29.2 Å². The molecule has 5 aliphatic rings. The van der Waals surface area contributed by atoms with Gasteiger partial charge in [0, 0.05) is 85.2 Å². The molecule has 26 rings (SSSR count). The predicted molar refractivity (Wildman–Crippen MR) is 384 cm³/mol. The van der Waals surface area contributed by atoms with Crippen LogP contribution in [-0.2, 0) is 46.7 Å². The van der Waals surface area contributed by atoms with Gasteiger partial charge in [-0.2, -0.15) is 22.0 Å². The van der Waals surface area contributed by atoms with Gasteiger partial charge in [0.2, 0.25) is 16.2 Å². The van der Waals surface area contributed by atoms with Gasteiger partial charge in [-0.3, -0.25) is 24.9 Å². The first kappa shape index (κ1) is 54.1. The number of rotatable bonds is 1. The molecule has 103 heavy (non-hydrogen) atoms. The largest absolute Gasteiger partial charge is 0.396 e. The van der Waals surface area contributed by atoms with E-state index in [1.54, 1.807) is 42.1 Å². The molecule has 0 radical (unpaired) electrons. The second-order valence-electron chi connectivity index (χ2n) is 25.9. The van der Waals surface area contributed by atoms with Gasteiger partial charge in [0.25, 0.3) is 35.3 Å². The molecule has 21 aromatic rings. The van der Waals surface area contributed by atoms with Crippen LogP contribution >= 0.6 is 11.3 Å². The third-order valence-corrected chi connectivity index (χ3v) is 21.3. The van der Waals surface area contributed by atoms with E-state index in [-0.39, 0.29) is 0 Å². The molecule has 20 aromatic heterocycles. The van der Waals surface area contributed by atoms with Crippen molar-refractivity contribution in [3.63, 3.8) is 0 Å². The molecule has 5 aliphatic heterocycles. The van der Waals surface area contributed by atoms with Crippen LogP contribution in [0, 0.1) is 0 Å². The van der Waals surface area contributed by atoms with Gasteiger partial charge in [-0.15, -0.1) is 15.0 Å². The molecule has 1 aromatic carbocycles. The van der Waals surface area contributed by atoms with Crippen LogP contribution in [0.3, 0.4) is 0 Å². The maximum absolute atomic E-state index is 7.94. The topological polar surface area (TPSA) is 200 Å². The van der Waals surface area contributed by atoms with E-state index in [2.05, 4.69) is 189 Å². The van der Waals surface area contributed by atoms with Gasteiger partial charge in [-0.1, -0.05) is 59.9 Å². The number of nitrogens with zero attached hydrogens (tertiary/aromatic N) is 23. The summed E-state index contributed by atoms with van der Waals surface area (Å²) < 4.78 is 57.1. The number of fused-ring (bicyclic) bond motifs is 35. The number of aryl methyl sites for hydroxylation is 2. The number of hydrogen-bond donors (Lipinski definition) is 0. The number of thiazole rings is 1. The summed E-state index contributed by atoms with van der Waals surface area (Å²) in [6.07, 6.45) is 28.5. The van der Waals surface area contributed by atoms with E-state index in [1.807, 2.05) is 136 Å². The second kappa shape index (κ2) is 21.8. The van der Waals surface area contributed by atoms with Crippen molar-refractivity contribution in [3.8, 4) is 62.6 Å². The first-order valence-corrected chi connectivity index (χ1v) is 34.4. The van der Waals surface area contributed by atoms with Crippen molar-refractivity contribution in [2.75, 3.05) is 0 Å². The molecule has 490 valence electrons. The van der Waals surface area contributed by atoms with Crippen LogP contribution in [0.25, 0.3) is 146 Å². The predicted octanol–water partition coefficient (Wildman–Crippen LogP) is 10.1. The highest BCUT2D eigenvalue weighted by Gasteiger charge is 2.38. The lowest BCUT2D eigenvalue weighted by Crippen LogP contribution is -2.29. The maximum Gasteiger partial charge on any atom is 0.347 e. The van der Waals surface area contributed by atoms with E-state index in [1.165, 1.54) is 48.6 Å². The summed E-state index contributed by atoms with van der Waals surface area (Å²) in [7, 11) is 2.09. The fourth-order valence-corrected chi connectivity index (χ4v) is 16.9. The highest BCUT2D eigenvalue weighted by atomic mass is 32.1. The lowest BCUT2D eigenvalue weighted by molar-refractivity contribution is -0.671. The zero-order valence-electron chi connectivity index (χ0n) is 57.7. The summed E-state index contributed by atoms with van der Waals surface area (Å²) in [6, 6.07) is 50.6. The van der Waals surface area contributed by atoms with Crippen molar-refractivity contribution in [2.45, 2.75) is 32.7 Å². The van der Waals surface area contributed by atoms with Crippen molar-refractivity contribution < 1.29 is 30.9 Å². The minimum atomic E-state index is -2.28. The Morgan fingerprint density at radius 3 is 1.43 bits per heavy atom. The average Bonchev–Trinajstić information content (AvgIpc) is 1.58. The third kappa shape index (κ3) is 8.35. The Morgan fingerprint density at radius 2 is 0.835 bits per heavy atom. The molecule has 0 fully saturated rings. The normalized spacial score (nSPS) is 13.5. The summed E-state index contributed by atoms with van der Waals surface area (Å²) >= 11 is 1.73. The van der Waals surface area contributed by atoms with Crippen LogP contribution in [0.2, 0.25) is 0 Å². The molecule has 24 nitrogen and oxygen atoms in total. The SMILES string of the molecule is Cn1c2cccnc2[n+]2cc3n(c12)Cc1cccnc1-3.[2H]C([2H])([2H])n1c2cccnc2[n+]2cc3n(c12)Cc1cccnc1-3.c1ccc(-n2c3cccnc3[n+]3cc4n(c23)Cc2cccnc2-4)cc1.c1cnc2c(c1)C[n+]1cn3c(oc4ncccc43)c1-2.c1cnc2c(c1)C[n+]1cn3c(sc4ncccc43)c1-2. The summed E-state index contributed by atoms with van der Waals surface area (Å²) in [5.74, 6) is 2.85. The first-order valence-electron chi connectivity index (χ1n) is 35.1. The lowest BCUT2D eigenvalue weighted by Gasteiger charge is -2.02. The Balaban J connectivity index is 0.0000000830. The van der Waals surface area contributed by atoms with Gasteiger partial charge < -0.3 is 4.42 Å². The smallest absolute Gasteiger partial charge is 0.347 e. The van der Waals surface area contributed by atoms with Crippen molar-refractivity contribution in [3.05, 3.63) is 273 Å². The van der Waals surface area contributed by atoms with Crippen LogP contribution in [0.5, 0.6) is 0 Å². The number of imidazole rings is 8. The van der Waals surface area contributed by atoms with Crippen LogP contribution in [0.15, 0.2) is 249 Å². The molecule has 0 N–H and O–H groups in total. The van der Waals surface area contributed by atoms with E-state index < -0.39 is 6.98 Å². The monoisotopic (exact) mass is 1370 g/mol. The highest BCUT2D eigenvalue weighted by Crippen LogP contribution is 2.38. The zero-order chi connectivity index (χ0) is 70.2. The molecule has 0 saturated carbocycles. The van der Waals surface area contributed by atoms with Crippen LogP contribution in [0.1, 0.15) is 31.9 Å². The Kier molecular flexibility index (Phi) is 11.5. The molecule has 25 heteroatoms. The summed E-state index contributed by atoms with van der Waals surface area (Å²) in [6.45, 7) is 1.79.